The van der Waals surface area contributed by atoms with E-state index in [0.29, 0.717) is 6.42 Å². The highest BCUT2D eigenvalue weighted by Crippen LogP contribution is 2.46. The second-order valence-electron chi connectivity index (χ2n) is 9.88. The number of aromatic nitrogens is 1. The predicted molar refractivity (Wildman–Crippen MR) is 127 cm³/mol. The van der Waals surface area contributed by atoms with Crippen LogP contribution in [0.2, 0.25) is 5.02 Å². The Balaban J connectivity index is 1.71. The molecule has 0 bridgehead atoms. The number of fused-ring (bicyclic) bond motifs is 2. The third-order valence-corrected chi connectivity index (χ3v) is 7.40. The number of halogens is 3. The summed E-state index contributed by atoms with van der Waals surface area (Å²) in [7, 11) is 0. The van der Waals surface area contributed by atoms with Gasteiger partial charge in [0.1, 0.15) is 23.0 Å². The monoisotopic (exact) mass is 522 g/mol. The van der Waals surface area contributed by atoms with Crippen LogP contribution in [-0.4, -0.2) is 87.5 Å². The number of aliphatic hydroxyl groups is 1. The summed E-state index contributed by atoms with van der Waals surface area (Å²) < 4.78 is 35.0. The van der Waals surface area contributed by atoms with Crippen molar-refractivity contribution in [2.45, 2.75) is 38.0 Å². The third-order valence-electron chi connectivity index (χ3n) is 7.05. The van der Waals surface area contributed by atoms with E-state index in [9.17, 15) is 28.6 Å². The number of carboxylic acid groups (broad SMARTS) is 1. The highest BCUT2D eigenvalue weighted by atomic mass is 35.5. The summed E-state index contributed by atoms with van der Waals surface area (Å²) in [5, 5.41) is 19.7. The zero-order chi connectivity index (χ0) is 25.9. The number of pyridine rings is 1. The van der Waals surface area contributed by atoms with Crippen molar-refractivity contribution in [2.24, 2.45) is 0 Å². The summed E-state index contributed by atoms with van der Waals surface area (Å²) in [5.41, 5.74) is -0.870. The van der Waals surface area contributed by atoms with E-state index in [4.69, 9.17) is 16.3 Å². The Hall–Kier alpha value is -3.18. The molecule has 1 aromatic heterocycles. The summed E-state index contributed by atoms with van der Waals surface area (Å²) in [6.45, 7) is 4.18. The summed E-state index contributed by atoms with van der Waals surface area (Å²) in [4.78, 5) is 34.5. The van der Waals surface area contributed by atoms with Crippen LogP contribution in [0.3, 0.4) is 0 Å². The molecule has 12 heteroatoms. The Kier molecular flexibility index (Phi) is 5.95. The normalized spacial score (nSPS) is 23.2. The summed E-state index contributed by atoms with van der Waals surface area (Å²) >= 11 is 6.66. The molecule has 5 rings (SSSR count). The molecule has 4 heterocycles. The Morgan fingerprint density at radius 3 is 2.67 bits per heavy atom. The zero-order valence-corrected chi connectivity index (χ0v) is 20.4. The van der Waals surface area contributed by atoms with Crippen LogP contribution in [0, 0.1) is 11.6 Å². The van der Waals surface area contributed by atoms with E-state index in [1.54, 1.807) is 4.90 Å². The van der Waals surface area contributed by atoms with E-state index in [1.807, 2.05) is 13.8 Å². The fourth-order valence-electron chi connectivity index (χ4n) is 5.26. The van der Waals surface area contributed by atoms with E-state index in [0.717, 1.165) is 6.07 Å². The van der Waals surface area contributed by atoms with E-state index in [2.05, 4.69) is 4.98 Å². The predicted octanol–water partition coefficient (Wildman–Crippen LogP) is 3.23. The lowest BCUT2D eigenvalue weighted by molar-refractivity contribution is 0.0390. The van der Waals surface area contributed by atoms with Gasteiger partial charge < -0.3 is 29.6 Å². The first-order chi connectivity index (χ1) is 17.0. The van der Waals surface area contributed by atoms with E-state index < -0.39 is 41.3 Å². The van der Waals surface area contributed by atoms with Gasteiger partial charge in [-0.1, -0.05) is 17.7 Å². The molecule has 3 aliphatic heterocycles. The van der Waals surface area contributed by atoms with Crippen molar-refractivity contribution in [3.05, 3.63) is 40.4 Å². The molecule has 3 aliphatic rings. The van der Waals surface area contributed by atoms with E-state index in [1.165, 1.54) is 21.9 Å². The van der Waals surface area contributed by atoms with Gasteiger partial charge in [-0.25, -0.2) is 18.6 Å². The minimum atomic E-state index is -1.15. The van der Waals surface area contributed by atoms with Crippen LogP contribution in [0.25, 0.3) is 11.3 Å². The molecule has 192 valence electrons. The average molecular weight is 523 g/mol. The quantitative estimate of drug-likeness (QED) is 0.623. The van der Waals surface area contributed by atoms with Gasteiger partial charge >= 0.3 is 6.09 Å². The number of ether oxygens (including phenoxy) is 1. The first-order valence-corrected chi connectivity index (χ1v) is 11.9. The molecule has 36 heavy (non-hydrogen) atoms. The van der Waals surface area contributed by atoms with Crippen molar-refractivity contribution < 1.29 is 33.3 Å². The minimum absolute atomic E-state index is 0.0289. The standard InChI is InChI=1S/C24H25ClF2N4O5/c1-24(2)8-13(32)10-31(24)21-16-20(17(25)19(28-21)14-4-3-5-15(26)18(14)27)36-11-12-9-29(23(34)35)6-7-30(12)22(16)33/h3-5,12-13,32H,6-11H2,1-2H3,(H,34,35)/t12-,13?/m1/s1. The van der Waals surface area contributed by atoms with Crippen LogP contribution >= 0.6 is 11.6 Å². The highest BCUT2D eigenvalue weighted by Gasteiger charge is 2.45. The first kappa shape index (κ1) is 24.5. The molecule has 2 atom stereocenters. The molecular weight excluding hydrogens is 498 g/mol. The molecular formula is C24H25ClF2N4O5. The number of carbonyl (C=O) groups excluding carboxylic acids is 1. The minimum Gasteiger partial charge on any atom is -0.489 e. The lowest BCUT2D eigenvalue weighted by atomic mass is 10.00. The number of rotatable bonds is 2. The third kappa shape index (κ3) is 3.90. The van der Waals surface area contributed by atoms with Gasteiger partial charge in [0, 0.05) is 37.3 Å². The van der Waals surface area contributed by atoms with Crippen LogP contribution < -0.4 is 9.64 Å². The Morgan fingerprint density at radius 1 is 1.25 bits per heavy atom. The molecule has 0 spiro atoms. The molecule has 0 aliphatic carbocycles. The number of nitrogens with zero attached hydrogens (tertiary/aromatic N) is 4. The number of anilines is 1. The maximum Gasteiger partial charge on any atom is 0.407 e. The van der Waals surface area contributed by atoms with Crippen LogP contribution in [0.5, 0.6) is 5.75 Å². The number of β-amino-alcohol motifs (C(OH)–C–C–N with tert-alkyl or cyclic N) is 1. The van der Waals surface area contributed by atoms with Crippen molar-refractivity contribution in [3.8, 4) is 17.0 Å². The number of aliphatic hydroxyl groups excluding tert-OH is 1. The number of amides is 2. The first-order valence-electron chi connectivity index (χ1n) is 11.5. The van der Waals surface area contributed by atoms with Crippen molar-refractivity contribution in [2.75, 3.05) is 37.7 Å². The zero-order valence-electron chi connectivity index (χ0n) is 19.7. The molecule has 0 radical (unpaired) electrons. The molecule has 1 aromatic carbocycles. The maximum atomic E-state index is 14.8. The Morgan fingerprint density at radius 2 is 2.00 bits per heavy atom. The Labute approximate surface area is 210 Å². The Bertz CT molecular complexity index is 1260. The summed E-state index contributed by atoms with van der Waals surface area (Å²) in [5.74, 6) is -2.57. The molecule has 2 fully saturated rings. The fraction of sp³-hybridized carbons (Fsp3) is 0.458. The second-order valence-corrected chi connectivity index (χ2v) is 10.3. The maximum absolute atomic E-state index is 14.8. The topological polar surface area (TPSA) is 106 Å². The van der Waals surface area contributed by atoms with Crippen LogP contribution in [-0.2, 0) is 0 Å². The van der Waals surface area contributed by atoms with Gasteiger partial charge in [-0.15, -0.1) is 0 Å². The van der Waals surface area contributed by atoms with Crippen LogP contribution in [0.4, 0.5) is 19.4 Å². The van der Waals surface area contributed by atoms with E-state index >= 15 is 0 Å². The van der Waals surface area contributed by atoms with Gasteiger partial charge in [0.2, 0.25) is 0 Å². The smallest absolute Gasteiger partial charge is 0.407 e. The molecule has 0 saturated carbocycles. The van der Waals surface area contributed by atoms with Gasteiger partial charge in [-0.05, 0) is 32.4 Å². The van der Waals surface area contributed by atoms with Gasteiger partial charge in [0.25, 0.3) is 5.91 Å². The second kappa shape index (κ2) is 8.74. The summed E-state index contributed by atoms with van der Waals surface area (Å²) in [6, 6.07) is 3.06. The van der Waals surface area contributed by atoms with E-state index in [-0.39, 0.29) is 66.2 Å². The fourth-order valence-corrected chi connectivity index (χ4v) is 5.56. The van der Waals surface area contributed by atoms with Gasteiger partial charge in [-0.2, -0.15) is 0 Å². The van der Waals surface area contributed by atoms with Gasteiger partial charge in [0.15, 0.2) is 17.4 Å². The molecule has 1 unspecified atom stereocenters. The van der Waals surface area contributed by atoms with Crippen LogP contribution in [0.1, 0.15) is 30.6 Å². The van der Waals surface area contributed by atoms with Gasteiger partial charge in [0.05, 0.1) is 17.8 Å². The lowest BCUT2D eigenvalue weighted by Crippen LogP contribution is -2.57. The number of piperazine rings is 1. The van der Waals surface area contributed by atoms with Gasteiger partial charge in [-0.3, -0.25) is 4.79 Å². The largest absolute Gasteiger partial charge is 0.489 e. The highest BCUT2D eigenvalue weighted by molar-refractivity contribution is 6.35. The summed E-state index contributed by atoms with van der Waals surface area (Å²) in [6.07, 6.45) is -1.40. The molecule has 9 nitrogen and oxygen atoms in total. The molecule has 2 amide bonds. The number of benzene rings is 1. The molecule has 2 aromatic rings. The van der Waals surface area contributed by atoms with Crippen molar-refractivity contribution in [1.82, 2.24) is 14.8 Å². The number of carbonyl (C=O) groups is 2. The molecule has 2 saturated heterocycles. The number of hydrogen-bond donors (Lipinski definition) is 2. The average Bonchev–Trinajstić information content (AvgIpc) is 3.01. The van der Waals surface area contributed by atoms with Crippen molar-refractivity contribution in [1.29, 1.82) is 0 Å². The van der Waals surface area contributed by atoms with Crippen molar-refractivity contribution >= 4 is 29.4 Å². The SMILES string of the molecule is CC1(C)CC(O)CN1c1nc(-c2cccc(F)c2F)c(Cl)c2c1C(=O)N1CCN(C(=O)O)C[C@@H]1CO2. The number of hydrogen-bond acceptors (Lipinski definition) is 6. The lowest BCUT2D eigenvalue weighted by Gasteiger charge is -2.39. The van der Waals surface area contributed by atoms with Crippen molar-refractivity contribution in [3.63, 3.8) is 0 Å². The van der Waals surface area contributed by atoms with Crippen LogP contribution in [0.15, 0.2) is 18.2 Å². The molecule has 2 N–H and O–H groups in total.